The molecule has 0 saturated heterocycles. The second-order valence-electron chi connectivity index (χ2n) is 6.87. The predicted octanol–water partition coefficient (Wildman–Crippen LogP) is -2.23. The molecule has 0 aromatic rings. The van der Waals surface area contributed by atoms with Crippen LogP contribution in [0.1, 0.15) is 40.5 Å². The topological polar surface area (TPSA) is 208 Å². The van der Waals surface area contributed by atoms with Gasteiger partial charge in [0.05, 0.1) is 18.6 Å². The summed E-state index contributed by atoms with van der Waals surface area (Å²) in [5.41, 5.74) is 5.80. The van der Waals surface area contributed by atoms with E-state index in [1.165, 1.54) is 6.92 Å². The molecule has 0 rings (SSSR count). The first kappa shape index (κ1) is 26.3. The molecule has 0 bridgehead atoms. The van der Waals surface area contributed by atoms with E-state index in [2.05, 4.69) is 16.0 Å². The largest absolute Gasteiger partial charge is 0.481 e. The number of nitrogens with two attached hydrogens (primary N) is 1. The molecule has 0 aliphatic rings. The van der Waals surface area contributed by atoms with Gasteiger partial charge in [0.1, 0.15) is 18.1 Å². The zero-order valence-corrected chi connectivity index (χ0v) is 16.8. The Hall–Kier alpha value is -2.73. The number of aliphatic hydroxyl groups excluding tert-OH is 1. The maximum Gasteiger partial charge on any atom is 0.325 e. The molecule has 0 aromatic heterocycles. The van der Waals surface area contributed by atoms with Crippen molar-refractivity contribution in [3.8, 4) is 0 Å². The lowest BCUT2D eigenvalue weighted by molar-refractivity contribution is -0.143. The average Bonchev–Trinajstić information content (AvgIpc) is 2.62. The number of nitrogens with one attached hydrogen (secondary N) is 3. The SMILES string of the molecule is CCC(C)C(N)C(=O)NC(C(=O)NC(CC(=O)O)C(=O)NC(C)C(=O)O)C(C)O. The molecule has 0 heterocycles. The third-order valence-electron chi connectivity index (χ3n) is 4.36. The molecule has 6 atom stereocenters. The summed E-state index contributed by atoms with van der Waals surface area (Å²) in [6.45, 7) is 5.94. The molecule has 166 valence electrons. The van der Waals surface area contributed by atoms with E-state index in [1.807, 2.05) is 6.92 Å². The first-order valence-corrected chi connectivity index (χ1v) is 9.11. The Labute approximate surface area is 168 Å². The Bertz CT molecular complexity index is 625. The van der Waals surface area contributed by atoms with Crippen LogP contribution in [0.3, 0.4) is 0 Å². The second kappa shape index (κ2) is 12.0. The smallest absolute Gasteiger partial charge is 0.325 e. The van der Waals surface area contributed by atoms with Crippen molar-refractivity contribution in [1.29, 1.82) is 0 Å². The Balaban J connectivity index is 5.34. The zero-order valence-electron chi connectivity index (χ0n) is 16.8. The van der Waals surface area contributed by atoms with Gasteiger partial charge in [0.25, 0.3) is 0 Å². The summed E-state index contributed by atoms with van der Waals surface area (Å²) >= 11 is 0. The van der Waals surface area contributed by atoms with Crippen LogP contribution in [0.2, 0.25) is 0 Å². The molecule has 0 aliphatic heterocycles. The number of aliphatic hydroxyl groups is 1. The van der Waals surface area contributed by atoms with Crippen LogP contribution in [-0.4, -0.2) is 75.3 Å². The number of carboxylic acid groups (broad SMARTS) is 2. The molecule has 0 aromatic carbocycles. The van der Waals surface area contributed by atoms with Gasteiger partial charge in [0, 0.05) is 0 Å². The van der Waals surface area contributed by atoms with E-state index in [1.54, 1.807) is 6.92 Å². The van der Waals surface area contributed by atoms with Gasteiger partial charge in [-0.3, -0.25) is 24.0 Å². The summed E-state index contributed by atoms with van der Waals surface area (Å²) in [6, 6.07) is -5.39. The number of aliphatic carboxylic acids is 2. The first-order chi connectivity index (χ1) is 13.3. The Morgan fingerprint density at radius 1 is 0.897 bits per heavy atom. The van der Waals surface area contributed by atoms with E-state index in [4.69, 9.17) is 15.9 Å². The third-order valence-corrected chi connectivity index (χ3v) is 4.36. The van der Waals surface area contributed by atoms with Crippen molar-refractivity contribution < 1.29 is 39.3 Å². The van der Waals surface area contributed by atoms with E-state index in [-0.39, 0.29) is 5.92 Å². The minimum absolute atomic E-state index is 0.198. The van der Waals surface area contributed by atoms with Crippen molar-refractivity contribution in [2.24, 2.45) is 11.7 Å². The van der Waals surface area contributed by atoms with Gasteiger partial charge >= 0.3 is 11.9 Å². The van der Waals surface area contributed by atoms with Crippen molar-refractivity contribution in [1.82, 2.24) is 16.0 Å². The number of rotatable bonds is 12. The molecule has 29 heavy (non-hydrogen) atoms. The van der Waals surface area contributed by atoms with Crippen molar-refractivity contribution in [3.63, 3.8) is 0 Å². The molecule has 12 heteroatoms. The average molecular weight is 418 g/mol. The molecule has 0 fully saturated rings. The zero-order chi connectivity index (χ0) is 22.9. The van der Waals surface area contributed by atoms with Crippen LogP contribution in [0.15, 0.2) is 0 Å². The molecule has 3 amide bonds. The number of hydrogen-bond acceptors (Lipinski definition) is 7. The fourth-order valence-corrected chi connectivity index (χ4v) is 2.19. The predicted molar refractivity (Wildman–Crippen MR) is 100 cm³/mol. The minimum atomic E-state index is -1.62. The minimum Gasteiger partial charge on any atom is -0.481 e. The monoisotopic (exact) mass is 418 g/mol. The number of carbonyl (C=O) groups is 5. The number of amides is 3. The van der Waals surface area contributed by atoms with Gasteiger partial charge in [-0.15, -0.1) is 0 Å². The van der Waals surface area contributed by atoms with Crippen molar-refractivity contribution >= 4 is 29.7 Å². The third kappa shape index (κ3) is 8.87. The number of hydrogen-bond donors (Lipinski definition) is 7. The molecule has 12 nitrogen and oxygen atoms in total. The quantitative estimate of drug-likeness (QED) is 0.183. The Morgan fingerprint density at radius 2 is 1.45 bits per heavy atom. The van der Waals surface area contributed by atoms with Gasteiger partial charge in [-0.25, -0.2) is 0 Å². The lowest BCUT2D eigenvalue weighted by atomic mass is 9.98. The van der Waals surface area contributed by atoms with E-state index in [9.17, 15) is 29.1 Å². The summed E-state index contributed by atoms with van der Waals surface area (Å²) in [5.74, 6) is -5.73. The number of carbonyl (C=O) groups excluding carboxylic acids is 3. The highest BCUT2D eigenvalue weighted by molar-refractivity contribution is 5.95. The van der Waals surface area contributed by atoms with Gasteiger partial charge < -0.3 is 37.0 Å². The van der Waals surface area contributed by atoms with Crippen LogP contribution in [0.25, 0.3) is 0 Å². The van der Waals surface area contributed by atoms with Crippen molar-refractivity contribution in [3.05, 3.63) is 0 Å². The summed E-state index contributed by atoms with van der Waals surface area (Å²) in [6.07, 6.45) is -1.62. The lowest BCUT2D eigenvalue weighted by Crippen LogP contribution is -2.60. The Kier molecular flexibility index (Phi) is 10.8. The maximum atomic E-state index is 12.5. The molecule has 0 aliphatic carbocycles. The molecule has 8 N–H and O–H groups in total. The summed E-state index contributed by atoms with van der Waals surface area (Å²) in [5, 5.41) is 34.1. The van der Waals surface area contributed by atoms with Crippen LogP contribution in [-0.2, 0) is 24.0 Å². The van der Waals surface area contributed by atoms with E-state index in [0.717, 1.165) is 6.92 Å². The molecule has 0 radical (unpaired) electrons. The molecule has 6 unspecified atom stereocenters. The van der Waals surface area contributed by atoms with E-state index < -0.39 is 66.4 Å². The van der Waals surface area contributed by atoms with Crippen LogP contribution >= 0.6 is 0 Å². The van der Waals surface area contributed by atoms with Gasteiger partial charge in [0.2, 0.25) is 17.7 Å². The standard InChI is InChI=1S/C17H30N4O8/c1-5-7(2)12(18)15(26)21-13(9(4)22)16(27)20-10(6-11(23)24)14(25)19-8(3)17(28)29/h7-10,12-13,22H,5-6,18H2,1-4H3,(H,19,25)(H,20,27)(H,21,26)(H,23,24)(H,28,29). The van der Waals surface area contributed by atoms with Crippen molar-refractivity contribution in [2.45, 2.75) is 70.8 Å². The second-order valence-corrected chi connectivity index (χ2v) is 6.87. The van der Waals surface area contributed by atoms with Gasteiger partial charge in [0.15, 0.2) is 0 Å². The highest BCUT2D eigenvalue weighted by Gasteiger charge is 2.33. The van der Waals surface area contributed by atoms with Crippen LogP contribution in [0.5, 0.6) is 0 Å². The van der Waals surface area contributed by atoms with Crippen molar-refractivity contribution in [2.75, 3.05) is 0 Å². The maximum absolute atomic E-state index is 12.5. The molecule has 0 spiro atoms. The summed E-state index contributed by atoms with van der Waals surface area (Å²) < 4.78 is 0. The fraction of sp³-hybridized carbons (Fsp3) is 0.706. The van der Waals surface area contributed by atoms with E-state index >= 15 is 0 Å². The Morgan fingerprint density at radius 3 is 1.86 bits per heavy atom. The van der Waals surface area contributed by atoms with E-state index in [0.29, 0.717) is 6.42 Å². The molecule has 0 saturated carbocycles. The fourth-order valence-electron chi connectivity index (χ4n) is 2.19. The number of carboxylic acids is 2. The van der Waals surface area contributed by atoms with Gasteiger partial charge in [-0.05, 0) is 19.8 Å². The molecular weight excluding hydrogens is 388 g/mol. The summed E-state index contributed by atoms with van der Waals surface area (Å²) in [4.78, 5) is 58.7. The lowest BCUT2D eigenvalue weighted by Gasteiger charge is -2.26. The molecular formula is C17H30N4O8. The van der Waals surface area contributed by atoms with Gasteiger partial charge in [-0.1, -0.05) is 20.3 Å². The highest BCUT2D eigenvalue weighted by atomic mass is 16.4. The normalized spacial score (nSPS) is 17.0. The van der Waals surface area contributed by atoms with Crippen LogP contribution < -0.4 is 21.7 Å². The first-order valence-electron chi connectivity index (χ1n) is 9.11. The van der Waals surface area contributed by atoms with Gasteiger partial charge in [-0.2, -0.15) is 0 Å². The highest BCUT2D eigenvalue weighted by Crippen LogP contribution is 2.06. The van der Waals surface area contributed by atoms with Crippen LogP contribution in [0, 0.1) is 5.92 Å². The van der Waals surface area contributed by atoms with Crippen LogP contribution in [0.4, 0.5) is 0 Å². The summed E-state index contributed by atoms with van der Waals surface area (Å²) in [7, 11) is 0.